The molecule has 1 aliphatic carbocycles. The predicted octanol–water partition coefficient (Wildman–Crippen LogP) is 4.79. The summed E-state index contributed by atoms with van der Waals surface area (Å²) in [6.07, 6.45) is 6.59. The fourth-order valence-corrected chi connectivity index (χ4v) is 5.47. The Hall–Kier alpha value is -2.28. The molecule has 7 heteroatoms. The van der Waals surface area contributed by atoms with Gasteiger partial charge in [0.05, 0.1) is 31.4 Å². The van der Waals surface area contributed by atoms with Gasteiger partial charge in [-0.05, 0) is 83.3 Å². The maximum atomic E-state index is 13.2. The lowest BCUT2D eigenvalue weighted by Gasteiger charge is -2.42. The molecule has 2 amide bonds. The van der Waals surface area contributed by atoms with Gasteiger partial charge >= 0.3 is 6.09 Å². The lowest BCUT2D eigenvalue weighted by atomic mass is 9.82. The highest BCUT2D eigenvalue weighted by Gasteiger charge is 2.37. The Kier molecular flexibility index (Phi) is 8.02. The summed E-state index contributed by atoms with van der Waals surface area (Å²) in [4.78, 5) is 27.7. The molecule has 2 atom stereocenters. The van der Waals surface area contributed by atoms with Crippen LogP contribution in [0.25, 0.3) is 0 Å². The van der Waals surface area contributed by atoms with E-state index in [2.05, 4.69) is 17.4 Å². The largest absolute Gasteiger partial charge is 0.493 e. The van der Waals surface area contributed by atoms with Crippen molar-refractivity contribution in [1.29, 1.82) is 0 Å². The molecular formula is C27H40N2O5. The van der Waals surface area contributed by atoms with Crippen molar-refractivity contribution in [1.82, 2.24) is 10.2 Å². The van der Waals surface area contributed by atoms with Gasteiger partial charge in [0, 0.05) is 13.0 Å². The van der Waals surface area contributed by atoms with Gasteiger partial charge in [0.2, 0.25) is 5.91 Å². The second kappa shape index (κ2) is 11.0. The number of carbonyl (C=O) groups is 2. The molecule has 1 N–H and O–H groups in total. The van der Waals surface area contributed by atoms with Crippen LogP contribution in [0.2, 0.25) is 0 Å². The number of rotatable bonds is 1. The van der Waals surface area contributed by atoms with E-state index in [1.165, 1.54) is 5.56 Å². The second-order valence-corrected chi connectivity index (χ2v) is 10.8. The lowest BCUT2D eigenvalue weighted by molar-refractivity contribution is -0.139. The monoisotopic (exact) mass is 472 g/mol. The summed E-state index contributed by atoms with van der Waals surface area (Å²) >= 11 is 0. The lowest BCUT2D eigenvalue weighted by Crippen LogP contribution is -2.59. The van der Waals surface area contributed by atoms with Gasteiger partial charge in [0.1, 0.15) is 11.4 Å². The minimum absolute atomic E-state index is 0.0975. The Morgan fingerprint density at radius 2 is 1.85 bits per heavy atom. The molecule has 0 spiro atoms. The highest BCUT2D eigenvalue weighted by Crippen LogP contribution is 2.38. The first-order valence-corrected chi connectivity index (χ1v) is 12.9. The average molecular weight is 473 g/mol. The van der Waals surface area contributed by atoms with Crippen LogP contribution in [-0.4, -0.2) is 60.4 Å². The number of amides is 2. The Morgan fingerprint density at radius 1 is 1.09 bits per heavy atom. The zero-order valence-corrected chi connectivity index (χ0v) is 20.9. The first-order chi connectivity index (χ1) is 16.3. The topological polar surface area (TPSA) is 77.1 Å². The Morgan fingerprint density at radius 3 is 2.62 bits per heavy atom. The van der Waals surface area contributed by atoms with Gasteiger partial charge in [-0.15, -0.1) is 0 Å². The van der Waals surface area contributed by atoms with Crippen molar-refractivity contribution in [2.45, 2.75) is 102 Å². The molecule has 2 fully saturated rings. The molecule has 0 aromatic heterocycles. The van der Waals surface area contributed by atoms with Gasteiger partial charge in [-0.3, -0.25) is 4.79 Å². The van der Waals surface area contributed by atoms with Gasteiger partial charge in [0.15, 0.2) is 0 Å². The van der Waals surface area contributed by atoms with E-state index in [1.807, 2.05) is 37.8 Å². The van der Waals surface area contributed by atoms with E-state index in [-0.39, 0.29) is 24.1 Å². The van der Waals surface area contributed by atoms with E-state index >= 15 is 0 Å². The number of piperidine rings is 1. The summed E-state index contributed by atoms with van der Waals surface area (Å²) in [7, 11) is 0. The van der Waals surface area contributed by atoms with E-state index in [9.17, 15) is 9.59 Å². The molecule has 34 heavy (non-hydrogen) atoms. The van der Waals surface area contributed by atoms with Crippen LogP contribution in [0.1, 0.15) is 83.6 Å². The van der Waals surface area contributed by atoms with E-state index in [0.717, 1.165) is 44.3 Å². The Labute approximate surface area is 203 Å². The van der Waals surface area contributed by atoms with Crippen molar-refractivity contribution in [3.05, 3.63) is 29.8 Å². The third kappa shape index (κ3) is 6.44. The number of benzene rings is 1. The van der Waals surface area contributed by atoms with E-state index in [0.29, 0.717) is 38.5 Å². The average Bonchev–Trinajstić information content (AvgIpc) is 2.80. The Balaban J connectivity index is 1.49. The third-order valence-electron chi connectivity index (χ3n) is 7.13. The van der Waals surface area contributed by atoms with Crippen molar-refractivity contribution in [2.24, 2.45) is 0 Å². The second-order valence-electron chi connectivity index (χ2n) is 10.8. The van der Waals surface area contributed by atoms with Gasteiger partial charge in [0.25, 0.3) is 0 Å². The Bertz CT molecular complexity index is 844. The van der Waals surface area contributed by atoms with Crippen LogP contribution in [0.5, 0.6) is 5.75 Å². The first kappa shape index (κ1) is 24.8. The van der Waals surface area contributed by atoms with Gasteiger partial charge in [-0.1, -0.05) is 18.2 Å². The SMILES string of the molecule is CC(C)(C)OC(=O)NC1CCCN2C(=O)CCCOc3ccccc3C3CCC(CC3)OCC12. The minimum atomic E-state index is -0.567. The number of nitrogens with zero attached hydrogens (tertiary/aromatic N) is 1. The molecule has 188 valence electrons. The molecule has 2 bridgehead atoms. The zero-order chi connectivity index (χ0) is 24.1. The van der Waals surface area contributed by atoms with Crippen molar-refractivity contribution < 1.29 is 23.8 Å². The molecule has 7 nitrogen and oxygen atoms in total. The summed E-state index contributed by atoms with van der Waals surface area (Å²) in [5, 5.41) is 3.03. The molecule has 0 radical (unpaired) electrons. The highest BCUT2D eigenvalue weighted by atomic mass is 16.6. The van der Waals surface area contributed by atoms with Crippen LogP contribution in [0, 0.1) is 0 Å². The standard InChI is InChI=1S/C27H40N2O5/c1-27(2,3)34-26(31)28-22-9-6-16-29-23(22)18-33-20-14-12-19(13-15-20)21-8-4-5-10-24(21)32-17-7-11-25(29)30/h4-5,8,10,19-20,22-23H,6-7,9,11-18H2,1-3H3,(H,28,31). The van der Waals surface area contributed by atoms with Crippen LogP contribution in [-0.2, 0) is 14.3 Å². The summed E-state index contributed by atoms with van der Waals surface area (Å²) in [5.41, 5.74) is 0.712. The molecular weight excluding hydrogens is 432 g/mol. The molecule has 1 saturated heterocycles. The zero-order valence-electron chi connectivity index (χ0n) is 20.9. The number of hydrogen-bond donors (Lipinski definition) is 1. The molecule has 3 aliphatic heterocycles. The highest BCUT2D eigenvalue weighted by molar-refractivity contribution is 5.77. The molecule has 5 rings (SSSR count). The van der Waals surface area contributed by atoms with Gasteiger partial charge in [-0.2, -0.15) is 0 Å². The maximum absolute atomic E-state index is 13.2. The van der Waals surface area contributed by atoms with Crippen molar-refractivity contribution in [3.8, 4) is 5.75 Å². The number of fused-ring (bicyclic) bond motifs is 7. The van der Waals surface area contributed by atoms with Crippen molar-refractivity contribution >= 4 is 12.0 Å². The first-order valence-electron chi connectivity index (χ1n) is 12.9. The molecule has 1 saturated carbocycles. The summed E-state index contributed by atoms with van der Waals surface area (Å²) < 4.78 is 18.0. The number of hydrogen-bond acceptors (Lipinski definition) is 5. The van der Waals surface area contributed by atoms with Crippen LogP contribution in [0.4, 0.5) is 4.79 Å². The fourth-order valence-electron chi connectivity index (χ4n) is 5.47. The van der Waals surface area contributed by atoms with Crippen LogP contribution < -0.4 is 10.1 Å². The smallest absolute Gasteiger partial charge is 0.407 e. The molecule has 1 aromatic carbocycles. The van der Waals surface area contributed by atoms with E-state index in [4.69, 9.17) is 14.2 Å². The van der Waals surface area contributed by atoms with Crippen molar-refractivity contribution in [2.75, 3.05) is 19.8 Å². The van der Waals surface area contributed by atoms with Crippen LogP contribution >= 0.6 is 0 Å². The van der Waals surface area contributed by atoms with Crippen LogP contribution in [0.15, 0.2) is 24.3 Å². The van der Waals surface area contributed by atoms with E-state index in [1.54, 1.807) is 0 Å². The quantitative estimate of drug-likeness (QED) is 0.636. The normalized spacial score (nSPS) is 28.6. The molecule has 1 aromatic rings. The molecule has 2 unspecified atom stereocenters. The molecule has 4 aliphatic rings. The summed E-state index contributed by atoms with van der Waals surface area (Å²) in [6.45, 7) is 7.21. The fraction of sp³-hybridized carbons (Fsp3) is 0.704. The summed E-state index contributed by atoms with van der Waals surface area (Å²) in [6, 6.07) is 7.96. The number of alkyl carbamates (subject to hydrolysis) is 1. The molecule has 3 heterocycles. The number of ether oxygens (including phenoxy) is 3. The number of para-hydroxylation sites is 1. The predicted molar refractivity (Wildman–Crippen MR) is 130 cm³/mol. The third-order valence-corrected chi connectivity index (χ3v) is 7.13. The number of carbonyl (C=O) groups excluding carboxylic acids is 2. The van der Waals surface area contributed by atoms with E-state index < -0.39 is 11.7 Å². The van der Waals surface area contributed by atoms with Gasteiger partial charge in [-0.25, -0.2) is 4.79 Å². The maximum Gasteiger partial charge on any atom is 0.407 e. The minimum Gasteiger partial charge on any atom is -0.493 e. The summed E-state index contributed by atoms with van der Waals surface area (Å²) in [5.74, 6) is 1.53. The number of nitrogens with one attached hydrogen (secondary N) is 1. The van der Waals surface area contributed by atoms with Crippen molar-refractivity contribution in [3.63, 3.8) is 0 Å². The van der Waals surface area contributed by atoms with Gasteiger partial charge < -0.3 is 24.4 Å². The van der Waals surface area contributed by atoms with Crippen LogP contribution in [0.3, 0.4) is 0 Å².